The average Bonchev–Trinajstić information content (AvgIpc) is 2.31. The maximum atomic E-state index is 11.5. The number of nitrogens with one attached hydrogen (secondary N) is 1. The molecule has 3 N–H and O–H groups in total. The normalized spacial score (nSPS) is 10.6. The lowest BCUT2D eigenvalue weighted by Gasteiger charge is -2.09. The van der Waals surface area contributed by atoms with Crippen molar-refractivity contribution >= 4 is 16.6 Å². The number of fused-ring (bicyclic) bond motifs is 1. The Balaban J connectivity index is 2.38. The molecule has 0 aliphatic carbocycles. The third kappa shape index (κ3) is 2.36. The van der Waals surface area contributed by atoms with E-state index in [-0.39, 0.29) is 5.56 Å². The Morgan fingerprint density at radius 3 is 3.00 bits per heavy atom. The van der Waals surface area contributed by atoms with Crippen LogP contribution in [0.2, 0.25) is 0 Å². The van der Waals surface area contributed by atoms with Gasteiger partial charge in [-0.05, 0) is 6.07 Å². The van der Waals surface area contributed by atoms with Crippen LogP contribution in [0.4, 0.5) is 5.69 Å². The van der Waals surface area contributed by atoms with Gasteiger partial charge in [0.05, 0.1) is 29.5 Å². The van der Waals surface area contributed by atoms with Crippen LogP contribution < -0.4 is 16.0 Å². The summed E-state index contributed by atoms with van der Waals surface area (Å²) in [6.45, 7) is 0.871. The Labute approximate surface area is 97.4 Å². The Morgan fingerprint density at radius 2 is 2.24 bits per heavy atom. The number of nitrogens with two attached hydrogens (primary N) is 1. The van der Waals surface area contributed by atoms with E-state index in [9.17, 15) is 4.79 Å². The molecule has 0 atom stereocenters. The molecule has 0 spiro atoms. The zero-order chi connectivity index (χ0) is 12.3. The fourth-order valence-electron chi connectivity index (χ4n) is 1.47. The van der Waals surface area contributed by atoms with Crippen LogP contribution in [0.3, 0.4) is 0 Å². The number of aromatic nitrogens is 2. The van der Waals surface area contributed by atoms with Crippen LogP contribution in [0.25, 0.3) is 10.9 Å². The monoisotopic (exact) mass is 235 g/mol. The van der Waals surface area contributed by atoms with E-state index in [1.165, 1.54) is 6.33 Å². The Bertz CT molecular complexity index is 580. The molecule has 2 aromatic rings. The molecule has 6 nitrogen and oxygen atoms in total. The second kappa shape index (κ2) is 4.84. The highest BCUT2D eigenvalue weighted by molar-refractivity contribution is 5.84. The number of H-pyrrole nitrogens is 1. The topological polar surface area (TPSA) is 90.2 Å². The molecule has 0 saturated heterocycles. The van der Waals surface area contributed by atoms with Gasteiger partial charge >= 0.3 is 0 Å². The molecule has 6 heteroatoms. The van der Waals surface area contributed by atoms with Gasteiger partial charge in [0.2, 0.25) is 0 Å². The summed E-state index contributed by atoms with van der Waals surface area (Å²) in [6, 6.07) is 3.21. The summed E-state index contributed by atoms with van der Waals surface area (Å²) in [5.41, 5.74) is 6.53. The highest BCUT2D eigenvalue weighted by atomic mass is 16.5. The van der Waals surface area contributed by atoms with E-state index in [4.69, 9.17) is 15.2 Å². The van der Waals surface area contributed by atoms with Gasteiger partial charge in [-0.25, -0.2) is 4.98 Å². The van der Waals surface area contributed by atoms with Crippen LogP contribution in [0.1, 0.15) is 0 Å². The van der Waals surface area contributed by atoms with Crippen LogP contribution in [0.5, 0.6) is 5.75 Å². The largest absolute Gasteiger partial charge is 0.489 e. The van der Waals surface area contributed by atoms with Crippen molar-refractivity contribution in [3.8, 4) is 5.75 Å². The lowest BCUT2D eigenvalue weighted by Crippen LogP contribution is -2.09. The van der Waals surface area contributed by atoms with E-state index in [1.807, 2.05) is 0 Å². The maximum Gasteiger partial charge on any atom is 0.258 e. The van der Waals surface area contributed by atoms with E-state index >= 15 is 0 Å². The summed E-state index contributed by atoms with van der Waals surface area (Å²) in [6.07, 6.45) is 1.35. The first-order valence-corrected chi connectivity index (χ1v) is 5.11. The van der Waals surface area contributed by atoms with Crippen molar-refractivity contribution < 1.29 is 9.47 Å². The lowest BCUT2D eigenvalue weighted by molar-refractivity contribution is 0.147. The molecule has 0 radical (unpaired) electrons. The van der Waals surface area contributed by atoms with Crippen molar-refractivity contribution in [3.63, 3.8) is 0 Å². The summed E-state index contributed by atoms with van der Waals surface area (Å²) in [5, 5.41) is 0.448. The molecule has 0 fully saturated rings. The molecule has 17 heavy (non-hydrogen) atoms. The molecular formula is C11H13N3O3. The van der Waals surface area contributed by atoms with Gasteiger partial charge in [-0.15, -0.1) is 0 Å². The fraction of sp³-hybridized carbons (Fsp3) is 0.273. The molecule has 1 aromatic heterocycles. The van der Waals surface area contributed by atoms with Gasteiger partial charge < -0.3 is 20.2 Å². The van der Waals surface area contributed by atoms with Gasteiger partial charge in [0.25, 0.3) is 5.56 Å². The Morgan fingerprint density at radius 1 is 1.41 bits per heavy atom. The number of hydrogen-bond donors (Lipinski definition) is 2. The first kappa shape index (κ1) is 11.4. The lowest BCUT2D eigenvalue weighted by atomic mass is 10.2. The van der Waals surface area contributed by atoms with Gasteiger partial charge in [0.1, 0.15) is 12.4 Å². The zero-order valence-corrected chi connectivity index (χ0v) is 9.40. The minimum Gasteiger partial charge on any atom is -0.489 e. The van der Waals surface area contributed by atoms with Crippen molar-refractivity contribution in [2.45, 2.75) is 0 Å². The molecule has 2 rings (SSSR count). The minimum atomic E-state index is -0.217. The second-order valence-corrected chi connectivity index (χ2v) is 3.48. The van der Waals surface area contributed by atoms with Gasteiger partial charge in [0, 0.05) is 13.2 Å². The van der Waals surface area contributed by atoms with Crippen molar-refractivity contribution in [2.75, 3.05) is 26.1 Å². The van der Waals surface area contributed by atoms with E-state index in [0.717, 1.165) is 0 Å². The van der Waals surface area contributed by atoms with Gasteiger partial charge in [0.15, 0.2) is 0 Å². The van der Waals surface area contributed by atoms with Gasteiger partial charge in [-0.2, -0.15) is 0 Å². The van der Waals surface area contributed by atoms with E-state index in [2.05, 4.69) is 9.97 Å². The van der Waals surface area contributed by atoms with Crippen LogP contribution in [0, 0.1) is 0 Å². The standard InChI is InChI=1S/C11H13N3O3/c1-16-2-3-17-10-5-9-7(4-8(10)12)11(15)14-6-13-9/h4-6H,2-3,12H2,1H3,(H,13,14,15). The number of methoxy groups -OCH3 is 1. The number of benzene rings is 1. The number of hydrogen-bond acceptors (Lipinski definition) is 5. The summed E-state index contributed by atoms with van der Waals surface area (Å²) in [4.78, 5) is 18.0. The van der Waals surface area contributed by atoms with Gasteiger partial charge in [-0.3, -0.25) is 4.79 Å². The highest BCUT2D eigenvalue weighted by Crippen LogP contribution is 2.25. The molecule has 0 bridgehead atoms. The number of nitrogens with zero attached hydrogens (tertiary/aromatic N) is 1. The molecule has 0 aliphatic rings. The zero-order valence-electron chi connectivity index (χ0n) is 9.40. The molecule has 1 heterocycles. The first-order chi connectivity index (χ1) is 8.22. The Kier molecular flexibility index (Phi) is 3.24. The summed E-state index contributed by atoms with van der Waals surface area (Å²) in [5.74, 6) is 0.507. The van der Waals surface area contributed by atoms with E-state index in [0.29, 0.717) is 35.6 Å². The van der Waals surface area contributed by atoms with Crippen molar-refractivity contribution in [1.29, 1.82) is 0 Å². The predicted molar refractivity (Wildman–Crippen MR) is 64.1 cm³/mol. The molecule has 90 valence electrons. The number of rotatable bonds is 4. The van der Waals surface area contributed by atoms with Crippen molar-refractivity contribution in [1.82, 2.24) is 9.97 Å². The molecule has 0 saturated carbocycles. The fourth-order valence-corrected chi connectivity index (χ4v) is 1.47. The SMILES string of the molecule is COCCOc1cc2nc[nH]c(=O)c2cc1N. The molecule has 0 unspecified atom stereocenters. The van der Waals surface area contributed by atoms with Gasteiger partial charge in [-0.1, -0.05) is 0 Å². The van der Waals surface area contributed by atoms with Crippen LogP contribution in [0.15, 0.2) is 23.3 Å². The van der Waals surface area contributed by atoms with E-state index < -0.39 is 0 Å². The average molecular weight is 235 g/mol. The Hall–Kier alpha value is -2.08. The van der Waals surface area contributed by atoms with E-state index in [1.54, 1.807) is 19.2 Å². The third-order valence-electron chi connectivity index (χ3n) is 2.32. The molecule has 0 amide bonds. The van der Waals surface area contributed by atoms with Crippen LogP contribution in [-0.2, 0) is 4.74 Å². The van der Waals surface area contributed by atoms with Crippen LogP contribution >= 0.6 is 0 Å². The summed E-state index contributed by atoms with van der Waals surface area (Å²) in [7, 11) is 1.59. The number of aromatic amines is 1. The molecular weight excluding hydrogens is 222 g/mol. The summed E-state index contributed by atoms with van der Waals surface area (Å²) < 4.78 is 10.3. The molecule has 1 aromatic carbocycles. The van der Waals surface area contributed by atoms with Crippen LogP contribution in [-0.4, -0.2) is 30.3 Å². The van der Waals surface area contributed by atoms with Crippen molar-refractivity contribution in [3.05, 3.63) is 28.8 Å². The molecule has 0 aliphatic heterocycles. The number of ether oxygens (including phenoxy) is 2. The smallest absolute Gasteiger partial charge is 0.258 e. The quantitative estimate of drug-likeness (QED) is 0.596. The number of anilines is 1. The minimum absolute atomic E-state index is 0.217. The third-order valence-corrected chi connectivity index (χ3v) is 2.32. The highest BCUT2D eigenvalue weighted by Gasteiger charge is 2.06. The maximum absolute atomic E-state index is 11.5. The predicted octanol–water partition coefficient (Wildman–Crippen LogP) is 0.531. The summed E-state index contributed by atoms with van der Waals surface area (Å²) >= 11 is 0. The van der Waals surface area contributed by atoms with Crippen molar-refractivity contribution in [2.24, 2.45) is 0 Å². The first-order valence-electron chi connectivity index (χ1n) is 5.11. The number of nitrogen functional groups attached to an aromatic ring is 1. The second-order valence-electron chi connectivity index (χ2n) is 3.48.